The smallest absolute Gasteiger partial charge is 0.139 e. The zero-order chi connectivity index (χ0) is 11.7. The summed E-state index contributed by atoms with van der Waals surface area (Å²) in [5.74, 6) is 0.552. The molecule has 1 unspecified atom stereocenters. The highest BCUT2D eigenvalue weighted by Crippen LogP contribution is 2.29. The van der Waals surface area contributed by atoms with Gasteiger partial charge in [0.1, 0.15) is 5.78 Å². The van der Waals surface area contributed by atoms with Gasteiger partial charge in [-0.25, -0.2) is 0 Å². The lowest BCUT2D eigenvalue weighted by atomic mass is 9.97. The molecule has 0 aliphatic carbocycles. The molecule has 1 atom stereocenters. The SMILES string of the molecule is Cc1c(Br)cccc1N1CCC(=O)C(C)C1. The van der Waals surface area contributed by atoms with Crippen LogP contribution in [-0.4, -0.2) is 18.9 Å². The minimum atomic E-state index is 0.159. The lowest BCUT2D eigenvalue weighted by molar-refractivity contribution is -0.122. The number of benzene rings is 1. The molecule has 1 aliphatic rings. The first-order valence-electron chi connectivity index (χ1n) is 5.62. The van der Waals surface area contributed by atoms with Gasteiger partial charge in [0.25, 0.3) is 0 Å². The Morgan fingerprint density at radius 2 is 2.19 bits per heavy atom. The number of Topliss-reactive ketones (excluding diaryl/α,β-unsaturated/α-hetero) is 1. The molecule has 1 heterocycles. The fraction of sp³-hybridized carbons (Fsp3) is 0.462. The van der Waals surface area contributed by atoms with E-state index in [0.29, 0.717) is 12.2 Å². The van der Waals surface area contributed by atoms with E-state index < -0.39 is 0 Å². The molecule has 0 saturated carbocycles. The minimum Gasteiger partial charge on any atom is -0.370 e. The van der Waals surface area contributed by atoms with Crippen LogP contribution in [0.25, 0.3) is 0 Å². The molecule has 16 heavy (non-hydrogen) atoms. The van der Waals surface area contributed by atoms with Gasteiger partial charge in [0.15, 0.2) is 0 Å². The molecule has 1 aromatic carbocycles. The van der Waals surface area contributed by atoms with Crippen molar-refractivity contribution in [2.75, 3.05) is 18.0 Å². The van der Waals surface area contributed by atoms with Gasteiger partial charge in [-0.15, -0.1) is 0 Å². The molecule has 0 amide bonds. The topological polar surface area (TPSA) is 20.3 Å². The average molecular weight is 282 g/mol. The van der Waals surface area contributed by atoms with Crippen molar-refractivity contribution in [1.29, 1.82) is 0 Å². The summed E-state index contributed by atoms with van der Waals surface area (Å²) in [6, 6.07) is 6.23. The maximum absolute atomic E-state index is 11.5. The Kier molecular flexibility index (Phi) is 3.33. The molecule has 1 aromatic rings. The molecule has 0 aromatic heterocycles. The first-order chi connectivity index (χ1) is 7.59. The zero-order valence-electron chi connectivity index (χ0n) is 9.66. The number of hydrogen-bond donors (Lipinski definition) is 0. The van der Waals surface area contributed by atoms with Crippen molar-refractivity contribution in [3.8, 4) is 0 Å². The van der Waals surface area contributed by atoms with Gasteiger partial charge in [-0.2, -0.15) is 0 Å². The summed E-state index contributed by atoms with van der Waals surface area (Å²) in [5.41, 5.74) is 2.50. The molecule has 2 nitrogen and oxygen atoms in total. The number of carbonyl (C=O) groups excluding carboxylic acids is 1. The second-order valence-corrected chi connectivity index (χ2v) is 5.30. The third-order valence-corrected chi connectivity index (χ3v) is 4.11. The van der Waals surface area contributed by atoms with Crippen molar-refractivity contribution < 1.29 is 4.79 Å². The number of carbonyl (C=O) groups is 1. The Balaban J connectivity index is 2.25. The fourth-order valence-corrected chi connectivity index (χ4v) is 2.53. The summed E-state index contributed by atoms with van der Waals surface area (Å²) in [6.07, 6.45) is 0.674. The molecule has 86 valence electrons. The lowest BCUT2D eigenvalue weighted by Crippen LogP contribution is -2.39. The van der Waals surface area contributed by atoms with Gasteiger partial charge < -0.3 is 4.90 Å². The molecule has 0 bridgehead atoms. The highest BCUT2D eigenvalue weighted by Gasteiger charge is 2.24. The highest BCUT2D eigenvalue weighted by atomic mass is 79.9. The van der Waals surface area contributed by atoms with Crippen LogP contribution >= 0.6 is 15.9 Å². The summed E-state index contributed by atoms with van der Waals surface area (Å²) in [5, 5.41) is 0. The fourth-order valence-electron chi connectivity index (χ4n) is 2.17. The van der Waals surface area contributed by atoms with Crippen LogP contribution in [0.15, 0.2) is 22.7 Å². The summed E-state index contributed by atoms with van der Waals surface area (Å²) >= 11 is 3.55. The first kappa shape index (κ1) is 11.6. The van der Waals surface area contributed by atoms with E-state index in [-0.39, 0.29) is 5.92 Å². The molecular weight excluding hydrogens is 266 g/mol. The van der Waals surface area contributed by atoms with Gasteiger partial charge in [-0.3, -0.25) is 4.79 Å². The minimum absolute atomic E-state index is 0.159. The number of nitrogens with zero attached hydrogens (tertiary/aromatic N) is 1. The number of anilines is 1. The maximum atomic E-state index is 11.5. The molecule has 1 saturated heterocycles. The predicted octanol–water partition coefficient (Wildman–Crippen LogP) is 3.17. The van der Waals surface area contributed by atoms with Gasteiger partial charge in [-0.05, 0) is 24.6 Å². The molecule has 0 radical (unpaired) electrons. The van der Waals surface area contributed by atoms with Crippen LogP contribution in [0, 0.1) is 12.8 Å². The van der Waals surface area contributed by atoms with E-state index in [9.17, 15) is 4.79 Å². The zero-order valence-corrected chi connectivity index (χ0v) is 11.3. The van der Waals surface area contributed by atoms with E-state index in [1.54, 1.807) is 0 Å². The molecule has 3 heteroatoms. The Hall–Kier alpha value is -0.830. The van der Waals surface area contributed by atoms with Crippen molar-refractivity contribution in [3.05, 3.63) is 28.2 Å². The monoisotopic (exact) mass is 281 g/mol. The van der Waals surface area contributed by atoms with Gasteiger partial charge >= 0.3 is 0 Å². The van der Waals surface area contributed by atoms with Crippen LogP contribution in [0.3, 0.4) is 0 Å². The third-order valence-electron chi connectivity index (χ3n) is 3.25. The van der Waals surface area contributed by atoms with Gasteiger partial charge in [0.2, 0.25) is 0 Å². The van der Waals surface area contributed by atoms with Crippen molar-refractivity contribution in [2.24, 2.45) is 5.92 Å². The Bertz CT molecular complexity index is 416. The number of hydrogen-bond acceptors (Lipinski definition) is 2. The average Bonchev–Trinajstić information content (AvgIpc) is 2.26. The van der Waals surface area contributed by atoms with E-state index in [1.807, 2.05) is 13.0 Å². The van der Waals surface area contributed by atoms with E-state index >= 15 is 0 Å². The van der Waals surface area contributed by atoms with E-state index in [2.05, 4.69) is 39.9 Å². The Morgan fingerprint density at radius 3 is 2.88 bits per heavy atom. The molecule has 1 aliphatic heterocycles. The maximum Gasteiger partial charge on any atom is 0.139 e. The lowest BCUT2D eigenvalue weighted by Gasteiger charge is -2.33. The number of ketones is 1. The summed E-state index contributed by atoms with van der Waals surface area (Å²) in [7, 11) is 0. The normalized spacial score (nSPS) is 21.3. The number of halogens is 1. The molecular formula is C13H16BrNO. The largest absolute Gasteiger partial charge is 0.370 e. The van der Waals surface area contributed by atoms with Crippen LogP contribution in [0.1, 0.15) is 18.9 Å². The summed E-state index contributed by atoms with van der Waals surface area (Å²) in [6.45, 7) is 5.82. The Morgan fingerprint density at radius 1 is 1.44 bits per heavy atom. The van der Waals surface area contributed by atoms with Crippen molar-refractivity contribution in [2.45, 2.75) is 20.3 Å². The standard InChI is InChI=1S/C13H16BrNO/c1-9-8-15(7-6-13(9)16)12-5-3-4-11(14)10(12)2/h3-5,9H,6-8H2,1-2H3. The van der Waals surface area contributed by atoms with Crippen LogP contribution in [0.4, 0.5) is 5.69 Å². The second-order valence-electron chi connectivity index (χ2n) is 4.45. The summed E-state index contributed by atoms with van der Waals surface area (Å²) in [4.78, 5) is 13.8. The quantitative estimate of drug-likeness (QED) is 0.788. The summed E-state index contributed by atoms with van der Waals surface area (Å²) < 4.78 is 1.13. The third kappa shape index (κ3) is 2.14. The van der Waals surface area contributed by atoms with Crippen LogP contribution < -0.4 is 4.90 Å². The second kappa shape index (κ2) is 4.58. The van der Waals surface area contributed by atoms with Gasteiger partial charge in [-0.1, -0.05) is 28.9 Å². The van der Waals surface area contributed by atoms with Crippen LogP contribution in [0.5, 0.6) is 0 Å². The van der Waals surface area contributed by atoms with Gasteiger partial charge in [0, 0.05) is 35.6 Å². The first-order valence-corrected chi connectivity index (χ1v) is 6.41. The van der Waals surface area contributed by atoms with Crippen LogP contribution in [0.2, 0.25) is 0 Å². The molecule has 0 N–H and O–H groups in total. The number of rotatable bonds is 1. The highest BCUT2D eigenvalue weighted by molar-refractivity contribution is 9.10. The van der Waals surface area contributed by atoms with Gasteiger partial charge in [0.05, 0.1) is 0 Å². The molecule has 1 fully saturated rings. The van der Waals surface area contributed by atoms with E-state index in [1.165, 1.54) is 11.3 Å². The van der Waals surface area contributed by atoms with E-state index in [4.69, 9.17) is 0 Å². The van der Waals surface area contributed by atoms with Crippen molar-refractivity contribution in [3.63, 3.8) is 0 Å². The van der Waals surface area contributed by atoms with E-state index in [0.717, 1.165) is 17.6 Å². The predicted molar refractivity (Wildman–Crippen MR) is 69.9 cm³/mol. The molecule has 0 spiro atoms. The van der Waals surface area contributed by atoms with Crippen molar-refractivity contribution >= 4 is 27.4 Å². The van der Waals surface area contributed by atoms with Crippen LogP contribution in [-0.2, 0) is 4.79 Å². The number of piperidine rings is 1. The van der Waals surface area contributed by atoms with Crippen molar-refractivity contribution in [1.82, 2.24) is 0 Å². The Labute approximate surface area is 105 Å². The molecule has 2 rings (SSSR count).